The van der Waals surface area contributed by atoms with Gasteiger partial charge in [-0.25, -0.2) is 26.7 Å². The van der Waals surface area contributed by atoms with Crippen molar-refractivity contribution in [2.75, 3.05) is 18.6 Å². The standard InChI is InChI=1S/C9H14N2O4S3/c1-11-18(14,15)9-4-2-8(3-5-9)16-6-7-17(10,12)13/h2-5,11H,6-7H2,1H3,(H2,10,12,13). The normalized spacial score (nSPS) is 12.6. The number of benzene rings is 1. The van der Waals surface area contributed by atoms with Crippen LogP contribution in [0.2, 0.25) is 0 Å². The Bertz CT molecular complexity index is 593. The van der Waals surface area contributed by atoms with Crippen molar-refractivity contribution in [3.63, 3.8) is 0 Å². The molecule has 0 saturated heterocycles. The van der Waals surface area contributed by atoms with Crippen molar-refractivity contribution in [1.82, 2.24) is 4.72 Å². The first-order valence-electron chi connectivity index (χ1n) is 4.91. The van der Waals surface area contributed by atoms with Gasteiger partial charge in [0.05, 0.1) is 10.6 Å². The molecule has 0 amide bonds. The summed E-state index contributed by atoms with van der Waals surface area (Å²) in [6.07, 6.45) is 0. The first kappa shape index (κ1) is 15.4. The fourth-order valence-corrected chi connectivity index (χ4v) is 3.67. The van der Waals surface area contributed by atoms with Crippen LogP contribution in [0.4, 0.5) is 0 Å². The van der Waals surface area contributed by atoms with E-state index in [1.165, 1.54) is 30.9 Å². The van der Waals surface area contributed by atoms with Crippen LogP contribution < -0.4 is 9.86 Å². The van der Waals surface area contributed by atoms with E-state index >= 15 is 0 Å². The van der Waals surface area contributed by atoms with Crippen LogP contribution in [-0.4, -0.2) is 35.4 Å². The summed E-state index contributed by atoms with van der Waals surface area (Å²) in [4.78, 5) is 0.953. The summed E-state index contributed by atoms with van der Waals surface area (Å²) in [5.74, 6) is 0.213. The van der Waals surface area contributed by atoms with Crippen molar-refractivity contribution in [2.24, 2.45) is 5.14 Å². The van der Waals surface area contributed by atoms with Crippen molar-refractivity contribution >= 4 is 31.8 Å². The predicted molar refractivity (Wildman–Crippen MR) is 71.4 cm³/mol. The van der Waals surface area contributed by atoms with Gasteiger partial charge in [0.25, 0.3) is 0 Å². The molecule has 18 heavy (non-hydrogen) atoms. The summed E-state index contributed by atoms with van der Waals surface area (Å²) in [5, 5.41) is 4.87. The second kappa shape index (κ2) is 6.02. The van der Waals surface area contributed by atoms with Gasteiger partial charge in [-0.3, -0.25) is 0 Å². The number of rotatable bonds is 6. The van der Waals surface area contributed by atoms with E-state index in [0.717, 1.165) is 4.90 Å². The summed E-state index contributed by atoms with van der Waals surface area (Å²) in [6, 6.07) is 6.17. The molecular weight excluding hydrogens is 296 g/mol. The van der Waals surface area contributed by atoms with Crippen LogP contribution in [0.25, 0.3) is 0 Å². The maximum atomic E-state index is 11.4. The lowest BCUT2D eigenvalue weighted by molar-refractivity contribution is 0.588. The van der Waals surface area contributed by atoms with Crippen LogP contribution in [0, 0.1) is 0 Å². The van der Waals surface area contributed by atoms with E-state index in [1.807, 2.05) is 0 Å². The third-order valence-electron chi connectivity index (χ3n) is 2.04. The largest absolute Gasteiger partial charge is 0.240 e. The average molecular weight is 310 g/mol. The lowest BCUT2D eigenvalue weighted by Crippen LogP contribution is -2.18. The molecule has 102 valence electrons. The van der Waals surface area contributed by atoms with Gasteiger partial charge < -0.3 is 0 Å². The predicted octanol–water partition coefficient (Wildman–Crippen LogP) is -0.0247. The maximum absolute atomic E-state index is 11.4. The summed E-state index contributed by atoms with van der Waals surface area (Å²) in [5.41, 5.74) is 0. The molecule has 0 atom stereocenters. The molecule has 0 aromatic heterocycles. The number of nitrogens with one attached hydrogen (secondary N) is 1. The van der Waals surface area contributed by atoms with Gasteiger partial charge in [-0.15, -0.1) is 11.8 Å². The highest BCUT2D eigenvalue weighted by Gasteiger charge is 2.10. The van der Waals surface area contributed by atoms with E-state index in [-0.39, 0.29) is 10.6 Å². The molecule has 3 N–H and O–H groups in total. The van der Waals surface area contributed by atoms with Crippen molar-refractivity contribution in [2.45, 2.75) is 9.79 Å². The second-order valence-corrected chi connectivity index (χ2v) is 8.18. The van der Waals surface area contributed by atoms with Gasteiger partial charge in [-0.2, -0.15) is 0 Å². The summed E-state index contributed by atoms with van der Waals surface area (Å²) >= 11 is 1.30. The van der Waals surface area contributed by atoms with Gasteiger partial charge in [0.1, 0.15) is 0 Å². The number of hydrogen-bond donors (Lipinski definition) is 2. The third kappa shape index (κ3) is 4.94. The van der Waals surface area contributed by atoms with Gasteiger partial charge in [0.2, 0.25) is 20.0 Å². The van der Waals surface area contributed by atoms with E-state index in [0.29, 0.717) is 5.75 Å². The van der Waals surface area contributed by atoms with Gasteiger partial charge in [-0.1, -0.05) is 0 Å². The molecule has 0 aliphatic carbocycles. The fraction of sp³-hybridized carbons (Fsp3) is 0.333. The second-order valence-electron chi connectivity index (χ2n) is 3.39. The van der Waals surface area contributed by atoms with Crippen molar-refractivity contribution in [3.8, 4) is 0 Å². The molecule has 0 radical (unpaired) electrons. The number of primary sulfonamides is 1. The average Bonchev–Trinajstić information content (AvgIpc) is 2.28. The van der Waals surface area contributed by atoms with Crippen molar-refractivity contribution in [1.29, 1.82) is 0 Å². The minimum Gasteiger partial charge on any atom is -0.229 e. The molecule has 0 aliphatic heterocycles. The van der Waals surface area contributed by atoms with Crippen LogP contribution in [0.5, 0.6) is 0 Å². The molecule has 0 heterocycles. The molecule has 9 heteroatoms. The van der Waals surface area contributed by atoms with E-state index in [4.69, 9.17) is 5.14 Å². The van der Waals surface area contributed by atoms with Crippen LogP contribution >= 0.6 is 11.8 Å². The molecule has 0 unspecified atom stereocenters. The minimum absolute atomic E-state index is 0.117. The molecule has 1 aromatic rings. The molecular formula is C9H14N2O4S3. The smallest absolute Gasteiger partial charge is 0.229 e. The van der Waals surface area contributed by atoms with E-state index in [2.05, 4.69) is 4.72 Å². The van der Waals surface area contributed by atoms with E-state index < -0.39 is 20.0 Å². The van der Waals surface area contributed by atoms with E-state index in [1.54, 1.807) is 12.1 Å². The Morgan fingerprint density at radius 1 is 1.17 bits per heavy atom. The Kier molecular flexibility index (Phi) is 5.17. The Hall–Kier alpha value is -0.610. The molecule has 0 bridgehead atoms. The number of sulfonamides is 2. The highest BCUT2D eigenvalue weighted by Crippen LogP contribution is 2.20. The van der Waals surface area contributed by atoms with E-state index in [9.17, 15) is 16.8 Å². The molecule has 0 aliphatic rings. The number of thioether (sulfide) groups is 1. The van der Waals surface area contributed by atoms with Gasteiger partial charge in [-0.05, 0) is 31.3 Å². The molecule has 1 aromatic carbocycles. The Labute approximate surface area is 111 Å². The Morgan fingerprint density at radius 3 is 2.17 bits per heavy atom. The lowest BCUT2D eigenvalue weighted by Gasteiger charge is -2.04. The van der Waals surface area contributed by atoms with Crippen LogP contribution in [-0.2, 0) is 20.0 Å². The zero-order valence-electron chi connectivity index (χ0n) is 9.66. The summed E-state index contributed by atoms with van der Waals surface area (Å²) < 4.78 is 46.5. The number of nitrogens with two attached hydrogens (primary N) is 1. The van der Waals surface area contributed by atoms with Gasteiger partial charge >= 0.3 is 0 Å². The summed E-state index contributed by atoms with van der Waals surface area (Å²) in [6.45, 7) is 0. The molecule has 1 rings (SSSR count). The highest BCUT2D eigenvalue weighted by molar-refractivity contribution is 8.00. The molecule has 0 saturated carbocycles. The summed E-state index contributed by atoms with van der Waals surface area (Å²) in [7, 11) is -5.55. The van der Waals surface area contributed by atoms with Crippen LogP contribution in [0.15, 0.2) is 34.1 Å². The highest BCUT2D eigenvalue weighted by atomic mass is 32.2. The molecule has 0 fully saturated rings. The Morgan fingerprint density at radius 2 is 1.72 bits per heavy atom. The molecule has 0 spiro atoms. The SMILES string of the molecule is CNS(=O)(=O)c1ccc(SCCS(N)(=O)=O)cc1. The first-order chi connectivity index (χ1) is 8.24. The monoisotopic (exact) mass is 310 g/mol. The molecule has 6 nitrogen and oxygen atoms in total. The zero-order valence-corrected chi connectivity index (χ0v) is 12.1. The number of hydrogen-bond acceptors (Lipinski definition) is 5. The van der Waals surface area contributed by atoms with Crippen molar-refractivity contribution < 1.29 is 16.8 Å². The minimum atomic E-state index is -3.46. The third-order valence-corrected chi connectivity index (χ3v) is 5.51. The lowest BCUT2D eigenvalue weighted by atomic mass is 10.4. The topological polar surface area (TPSA) is 106 Å². The quantitative estimate of drug-likeness (QED) is 0.718. The van der Waals surface area contributed by atoms with Crippen LogP contribution in [0.3, 0.4) is 0 Å². The zero-order chi connectivity index (χ0) is 13.8. The van der Waals surface area contributed by atoms with Crippen LogP contribution in [0.1, 0.15) is 0 Å². The fourth-order valence-electron chi connectivity index (χ4n) is 1.11. The van der Waals surface area contributed by atoms with Crippen molar-refractivity contribution in [3.05, 3.63) is 24.3 Å². The maximum Gasteiger partial charge on any atom is 0.240 e. The Balaban J connectivity index is 2.67. The first-order valence-corrected chi connectivity index (χ1v) is 9.10. The van der Waals surface area contributed by atoms with Gasteiger partial charge in [0.15, 0.2) is 0 Å². The van der Waals surface area contributed by atoms with Gasteiger partial charge in [0, 0.05) is 10.6 Å².